The van der Waals surface area contributed by atoms with Gasteiger partial charge in [0.05, 0.1) is 11.0 Å². The quantitative estimate of drug-likeness (QED) is 0.645. The van der Waals surface area contributed by atoms with Gasteiger partial charge in [0.2, 0.25) is 0 Å². The van der Waals surface area contributed by atoms with Crippen LogP contribution in [-0.4, -0.2) is 25.0 Å². The first-order valence-electron chi connectivity index (χ1n) is 10.0. The standard InChI is InChI=1S/C12H18O.C10H20O2S/c1-5-10-6-8-11(9-7-10)13-12(2,3)4;1-9(2)13(11,12)8-10-6-4-3-5-7-10/h6-9H,5H2,1-4H3;9-10H,3-8H2,1-2H3. The van der Waals surface area contributed by atoms with Crippen LogP contribution in [0.1, 0.15) is 79.2 Å². The summed E-state index contributed by atoms with van der Waals surface area (Å²) in [6.45, 7) is 11.9. The smallest absolute Gasteiger partial charge is 0.152 e. The van der Waals surface area contributed by atoms with Gasteiger partial charge < -0.3 is 4.74 Å². The van der Waals surface area contributed by atoms with Crippen molar-refractivity contribution in [2.45, 2.75) is 90.9 Å². The van der Waals surface area contributed by atoms with E-state index in [1.807, 2.05) is 12.1 Å². The minimum atomic E-state index is -2.80. The Kier molecular flexibility index (Phi) is 9.15. The topological polar surface area (TPSA) is 43.4 Å². The molecule has 1 aromatic carbocycles. The zero-order valence-corrected chi connectivity index (χ0v) is 18.4. The molecule has 1 fully saturated rings. The predicted octanol–water partition coefficient (Wildman–Crippen LogP) is 5.82. The second kappa shape index (κ2) is 10.3. The minimum absolute atomic E-state index is 0.103. The van der Waals surface area contributed by atoms with Crippen molar-refractivity contribution in [3.8, 4) is 5.75 Å². The summed E-state index contributed by atoms with van der Waals surface area (Å²) in [4.78, 5) is 0. The van der Waals surface area contributed by atoms with Crippen LogP contribution in [0.4, 0.5) is 0 Å². The molecule has 0 saturated heterocycles. The molecule has 1 saturated carbocycles. The van der Waals surface area contributed by atoms with E-state index in [9.17, 15) is 8.42 Å². The van der Waals surface area contributed by atoms with E-state index in [0.717, 1.165) is 25.0 Å². The van der Waals surface area contributed by atoms with Crippen LogP contribution in [0.25, 0.3) is 0 Å². The fraction of sp³-hybridized carbons (Fsp3) is 0.727. The maximum Gasteiger partial charge on any atom is 0.152 e. The van der Waals surface area contributed by atoms with Gasteiger partial charge in [-0.3, -0.25) is 0 Å². The number of sulfone groups is 1. The third-order valence-corrected chi connectivity index (χ3v) is 7.04. The van der Waals surface area contributed by atoms with E-state index in [4.69, 9.17) is 4.74 Å². The van der Waals surface area contributed by atoms with Crippen LogP contribution in [0, 0.1) is 5.92 Å². The van der Waals surface area contributed by atoms with Gasteiger partial charge in [0, 0.05) is 0 Å². The fourth-order valence-electron chi connectivity index (χ4n) is 3.02. The summed E-state index contributed by atoms with van der Waals surface area (Å²) in [5.74, 6) is 1.82. The van der Waals surface area contributed by atoms with Crippen molar-refractivity contribution in [2.75, 3.05) is 5.75 Å². The Morgan fingerprint density at radius 1 is 1.04 bits per heavy atom. The maximum atomic E-state index is 11.6. The summed E-state index contributed by atoms with van der Waals surface area (Å²) < 4.78 is 28.9. The number of benzene rings is 1. The molecule has 1 aromatic rings. The van der Waals surface area contributed by atoms with Crippen LogP contribution in [0.3, 0.4) is 0 Å². The lowest BCUT2D eigenvalue weighted by Gasteiger charge is -2.22. The summed E-state index contributed by atoms with van der Waals surface area (Å²) in [6, 6.07) is 8.29. The van der Waals surface area contributed by atoms with Crippen molar-refractivity contribution in [3.05, 3.63) is 29.8 Å². The van der Waals surface area contributed by atoms with E-state index in [-0.39, 0.29) is 10.9 Å². The second-order valence-corrected chi connectivity index (χ2v) is 11.2. The van der Waals surface area contributed by atoms with Gasteiger partial charge in [-0.25, -0.2) is 8.42 Å². The van der Waals surface area contributed by atoms with Crippen LogP contribution < -0.4 is 4.74 Å². The van der Waals surface area contributed by atoms with Gasteiger partial charge in [0.25, 0.3) is 0 Å². The van der Waals surface area contributed by atoms with E-state index in [1.54, 1.807) is 13.8 Å². The predicted molar refractivity (Wildman–Crippen MR) is 112 cm³/mol. The molecule has 0 N–H and O–H groups in total. The van der Waals surface area contributed by atoms with Gasteiger partial charge in [0.15, 0.2) is 9.84 Å². The molecule has 1 aliphatic carbocycles. The van der Waals surface area contributed by atoms with Crippen LogP contribution in [0.2, 0.25) is 0 Å². The first-order chi connectivity index (χ1) is 12.0. The summed E-state index contributed by atoms with van der Waals surface area (Å²) in [7, 11) is -2.80. The summed E-state index contributed by atoms with van der Waals surface area (Å²) >= 11 is 0. The molecule has 26 heavy (non-hydrogen) atoms. The van der Waals surface area contributed by atoms with E-state index in [0.29, 0.717) is 11.7 Å². The zero-order valence-electron chi connectivity index (χ0n) is 17.5. The normalized spacial score (nSPS) is 16.1. The summed E-state index contributed by atoms with van der Waals surface area (Å²) in [6.07, 6.45) is 7.04. The van der Waals surface area contributed by atoms with E-state index in [2.05, 4.69) is 39.8 Å². The Bertz CT molecular complexity index is 604. The van der Waals surface area contributed by atoms with Crippen molar-refractivity contribution in [3.63, 3.8) is 0 Å². The third-order valence-electron chi connectivity index (χ3n) is 4.67. The molecule has 0 heterocycles. The van der Waals surface area contributed by atoms with E-state index >= 15 is 0 Å². The molecule has 0 atom stereocenters. The monoisotopic (exact) mass is 382 g/mol. The number of hydrogen-bond donors (Lipinski definition) is 0. The Hall–Kier alpha value is -1.03. The molecule has 0 aliphatic heterocycles. The Morgan fingerprint density at radius 3 is 2.00 bits per heavy atom. The van der Waals surface area contributed by atoms with Crippen LogP contribution in [-0.2, 0) is 16.3 Å². The van der Waals surface area contributed by atoms with Gasteiger partial charge in [-0.05, 0) is 77.5 Å². The van der Waals surface area contributed by atoms with Gasteiger partial charge in [-0.15, -0.1) is 0 Å². The van der Waals surface area contributed by atoms with Crippen molar-refractivity contribution in [1.29, 1.82) is 0 Å². The Labute approximate surface area is 161 Å². The molecular weight excluding hydrogens is 344 g/mol. The zero-order chi connectivity index (χ0) is 19.8. The second-order valence-electron chi connectivity index (χ2n) is 8.59. The molecule has 150 valence electrons. The highest BCUT2D eigenvalue weighted by Crippen LogP contribution is 2.25. The van der Waals surface area contributed by atoms with E-state index < -0.39 is 9.84 Å². The molecule has 0 bridgehead atoms. The summed E-state index contributed by atoms with van der Waals surface area (Å²) in [5, 5.41) is -0.200. The lowest BCUT2D eigenvalue weighted by molar-refractivity contribution is 0.131. The maximum absolute atomic E-state index is 11.6. The largest absolute Gasteiger partial charge is 0.488 e. The van der Waals surface area contributed by atoms with Gasteiger partial charge in [0.1, 0.15) is 11.4 Å². The van der Waals surface area contributed by atoms with Crippen molar-refractivity contribution in [1.82, 2.24) is 0 Å². The average Bonchev–Trinajstić information content (AvgIpc) is 2.55. The number of rotatable bonds is 5. The lowest BCUT2D eigenvalue weighted by atomic mass is 9.91. The highest BCUT2D eigenvalue weighted by molar-refractivity contribution is 7.91. The van der Waals surface area contributed by atoms with Crippen LogP contribution in [0.5, 0.6) is 5.75 Å². The molecule has 4 heteroatoms. The minimum Gasteiger partial charge on any atom is -0.488 e. The SMILES string of the molecule is CC(C)S(=O)(=O)CC1CCCCC1.CCc1ccc(OC(C)(C)C)cc1. The average molecular weight is 383 g/mol. The molecular formula is C22H38O3S. The molecule has 0 unspecified atom stereocenters. The van der Waals surface area contributed by atoms with Gasteiger partial charge in [-0.1, -0.05) is 38.3 Å². The molecule has 0 amide bonds. The number of hydrogen-bond acceptors (Lipinski definition) is 3. The highest BCUT2D eigenvalue weighted by atomic mass is 32.2. The molecule has 3 nitrogen and oxygen atoms in total. The number of aryl methyl sites for hydroxylation is 1. The van der Waals surface area contributed by atoms with Crippen molar-refractivity contribution in [2.24, 2.45) is 5.92 Å². The lowest BCUT2D eigenvalue weighted by Crippen LogP contribution is -2.24. The Morgan fingerprint density at radius 2 is 1.58 bits per heavy atom. The first-order valence-corrected chi connectivity index (χ1v) is 11.7. The third kappa shape index (κ3) is 9.07. The molecule has 1 aliphatic rings. The highest BCUT2D eigenvalue weighted by Gasteiger charge is 2.23. The summed E-state index contributed by atoms with van der Waals surface area (Å²) in [5.41, 5.74) is 1.24. The number of ether oxygens (including phenoxy) is 1. The van der Waals surface area contributed by atoms with Gasteiger partial charge in [-0.2, -0.15) is 0 Å². The van der Waals surface area contributed by atoms with Crippen molar-refractivity contribution < 1.29 is 13.2 Å². The van der Waals surface area contributed by atoms with Crippen molar-refractivity contribution >= 4 is 9.84 Å². The first kappa shape index (κ1) is 23.0. The molecule has 0 radical (unpaired) electrons. The molecule has 0 spiro atoms. The Balaban J connectivity index is 0.000000260. The van der Waals surface area contributed by atoms with Crippen LogP contribution >= 0.6 is 0 Å². The fourth-order valence-corrected chi connectivity index (χ4v) is 4.40. The van der Waals surface area contributed by atoms with Crippen LogP contribution in [0.15, 0.2) is 24.3 Å². The molecule has 0 aromatic heterocycles. The molecule has 2 rings (SSSR count). The van der Waals surface area contributed by atoms with Gasteiger partial charge >= 0.3 is 0 Å². The van der Waals surface area contributed by atoms with E-state index in [1.165, 1.54) is 24.8 Å².